The maximum atomic E-state index is 12.2. The quantitative estimate of drug-likeness (QED) is 0.888. The van der Waals surface area contributed by atoms with Crippen molar-refractivity contribution in [1.82, 2.24) is 5.32 Å². The smallest absolute Gasteiger partial charge is 0.261 e. The first-order valence-electron chi connectivity index (χ1n) is 6.63. The van der Waals surface area contributed by atoms with Crippen LogP contribution in [0.5, 0.6) is 0 Å². The maximum Gasteiger partial charge on any atom is 0.261 e. The van der Waals surface area contributed by atoms with Crippen LogP contribution < -0.4 is 11.1 Å². The lowest BCUT2D eigenvalue weighted by Crippen LogP contribution is -2.40. The fraction of sp³-hybridized carbons (Fsp3) is 0.615. The van der Waals surface area contributed by atoms with E-state index in [1.54, 1.807) is 6.07 Å². The number of anilines is 1. The van der Waals surface area contributed by atoms with E-state index in [1.807, 2.05) is 6.92 Å². The largest absolute Gasteiger partial charge is 0.391 e. The molecule has 1 heterocycles. The molecule has 0 unspecified atom stereocenters. The first-order chi connectivity index (χ1) is 9.27. The number of nitrogens with two attached hydrogens (primary N) is 1. The molecule has 20 heavy (non-hydrogen) atoms. The Hall–Kier alpha value is -1.08. The van der Waals surface area contributed by atoms with Crippen molar-refractivity contribution < 1.29 is 13.2 Å². The lowest BCUT2D eigenvalue weighted by Gasteiger charge is -2.27. The van der Waals surface area contributed by atoms with E-state index in [2.05, 4.69) is 5.32 Å². The highest BCUT2D eigenvalue weighted by Gasteiger charge is 2.29. The normalized spacial score (nSPS) is 23.5. The van der Waals surface area contributed by atoms with Crippen LogP contribution in [-0.2, 0) is 9.84 Å². The third-order valence-corrected chi connectivity index (χ3v) is 6.51. The third-order valence-electron chi connectivity index (χ3n) is 3.76. The molecule has 1 amide bonds. The van der Waals surface area contributed by atoms with E-state index in [9.17, 15) is 13.2 Å². The van der Waals surface area contributed by atoms with Crippen molar-refractivity contribution in [3.05, 3.63) is 16.5 Å². The Labute approximate surface area is 123 Å². The van der Waals surface area contributed by atoms with Gasteiger partial charge in [0.15, 0.2) is 0 Å². The average Bonchev–Trinajstić information content (AvgIpc) is 2.68. The Balaban J connectivity index is 1.93. The number of amides is 1. The lowest BCUT2D eigenvalue weighted by atomic mass is 9.95. The van der Waals surface area contributed by atoms with Crippen LogP contribution in [0.4, 0.5) is 5.00 Å². The summed E-state index contributed by atoms with van der Waals surface area (Å²) in [5.41, 5.74) is 6.57. The van der Waals surface area contributed by atoms with Crippen LogP contribution in [0.15, 0.2) is 6.07 Å². The number of carbonyl (C=O) groups is 1. The number of hydrogen-bond donors (Lipinski definition) is 2. The first-order valence-corrected chi connectivity index (χ1v) is 9.40. The summed E-state index contributed by atoms with van der Waals surface area (Å²) >= 11 is 1.29. The summed E-state index contributed by atoms with van der Waals surface area (Å²) < 4.78 is 23.0. The van der Waals surface area contributed by atoms with Crippen LogP contribution in [0, 0.1) is 6.92 Å². The van der Waals surface area contributed by atoms with Gasteiger partial charge >= 0.3 is 0 Å². The minimum Gasteiger partial charge on any atom is -0.391 e. The van der Waals surface area contributed by atoms with E-state index in [4.69, 9.17) is 5.73 Å². The Morgan fingerprint density at radius 2 is 1.95 bits per heavy atom. The summed E-state index contributed by atoms with van der Waals surface area (Å²) in [4.78, 5) is 12.8. The van der Waals surface area contributed by atoms with Gasteiger partial charge in [0.05, 0.1) is 15.1 Å². The Morgan fingerprint density at radius 1 is 1.35 bits per heavy atom. The van der Waals surface area contributed by atoms with Gasteiger partial charge in [0.1, 0.15) is 9.84 Å². The van der Waals surface area contributed by atoms with Crippen molar-refractivity contribution in [1.29, 1.82) is 0 Å². The zero-order valence-corrected chi connectivity index (χ0v) is 13.3. The van der Waals surface area contributed by atoms with Crippen molar-refractivity contribution >= 4 is 32.1 Å². The van der Waals surface area contributed by atoms with E-state index in [-0.39, 0.29) is 17.2 Å². The maximum absolute atomic E-state index is 12.2. The zero-order valence-electron chi connectivity index (χ0n) is 11.7. The third kappa shape index (κ3) is 3.52. The van der Waals surface area contributed by atoms with Gasteiger partial charge < -0.3 is 11.1 Å². The van der Waals surface area contributed by atoms with Crippen LogP contribution in [0.25, 0.3) is 0 Å². The number of hydrogen-bond acceptors (Lipinski definition) is 5. The predicted molar refractivity (Wildman–Crippen MR) is 81.8 cm³/mol. The minimum atomic E-state index is -2.96. The summed E-state index contributed by atoms with van der Waals surface area (Å²) in [6, 6.07) is 1.85. The van der Waals surface area contributed by atoms with Crippen molar-refractivity contribution in [3.63, 3.8) is 0 Å². The molecule has 5 nitrogen and oxygen atoms in total. The molecule has 3 N–H and O–H groups in total. The molecule has 0 aliphatic heterocycles. The number of sulfone groups is 1. The topological polar surface area (TPSA) is 89.3 Å². The molecule has 0 saturated heterocycles. The Bertz CT molecular complexity index is 599. The molecule has 2 rings (SSSR count). The summed E-state index contributed by atoms with van der Waals surface area (Å²) in [6.45, 7) is 1.86. The van der Waals surface area contributed by atoms with Gasteiger partial charge in [-0.2, -0.15) is 0 Å². The highest BCUT2D eigenvalue weighted by molar-refractivity contribution is 7.91. The predicted octanol–water partition coefficient (Wildman–Crippen LogP) is 1.72. The van der Waals surface area contributed by atoms with Gasteiger partial charge in [-0.3, -0.25) is 4.79 Å². The van der Waals surface area contributed by atoms with Gasteiger partial charge in [-0.1, -0.05) is 0 Å². The lowest BCUT2D eigenvalue weighted by molar-refractivity contribution is 0.0931. The highest BCUT2D eigenvalue weighted by Crippen LogP contribution is 2.26. The van der Waals surface area contributed by atoms with Crippen molar-refractivity contribution in [2.75, 3.05) is 12.0 Å². The molecule has 1 aromatic rings. The van der Waals surface area contributed by atoms with E-state index < -0.39 is 9.84 Å². The molecular weight excluding hydrogens is 296 g/mol. The fourth-order valence-electron chi connectivity index (χ4n) is 2.62. The Morgan fingerprint density at radius 3 is 2.40 bits per heavy atom. The van der Waals surface area contributed by atoms with Crippen LogP contribution in [0.1, 0.15) is 40.9 Å². The number of carbonyl (C=O) groups excluding carboxylic acids is 1. The molecule has 1 aliphatic rings. The molecule has 0 aromatic carbocycles. The zero-order chi connectivity index (χ0) is 14.9. The van der Waals surface area contributed by atoms with Crippen LogP contribution in [-0.4, -0.2) is 31.9 Å². The summed E-state index contributed by atoms with van der Waals surface area (Å²) in [7, 11) is -2.96. The van der Waals surface area contributed by atoms with Gasteiger partial charge in [-0.05, 0) is 44.2 Å². The van der Waals surface area contributed by atoms with Gasteiger partial charge in [0.2, 0.25) is 0 Å². The molecular formula is C13H20N2O3S2. The number of aryl methyl sites for hydroxylation is 1. The second kappa shape index (κ2) is 5.73. The van der Waals surface area contributed by atoms with E-state index in [1.165, 1.54) is 17.6 Å². The summed E-state index contributed by atoms with van der Waals surface area (Å²) in [5, 5.41) is 3.36. The highest BCUT2D eigenvalue weighted by atomic mass is 32.2. The molecule has 1 fully saturated rings. The average molecular weight is 316 g/mol. The van der Waals surface area contributed by atoms with Crippen molar-refractivity contribution in [2.24, 2.45) is 0 Å². The van der Waals surface area contributed by atoms with Crippen LogP contribution in [0.2, 0.25) is 0 Å². The SMILES string of the molecule is Cc1cc(N)sc1C(=O)NC1CCC(S(C)(=O)=O)CC1. The number of nitrogens with one attached hydrogen (secondary N) is 1. The minimum absolute atomic E-state index is 0.0585. The molecule has 0 radical (unpaired) electrons. The number of nitrogen functional groups attached to an aromatic ring is 1. The molecule has 1 aromatic heterocycles. The summed E-state index contributed by atoms with van der Waals surface area (Å²) in [5.74, 6) is -0.105. The second-order valence-corrected chi connectivity index (χ2v) is 8.85. The second-order valence-electron chi connectivity index (χ2n) is 5.44. The van der Waals surface area contributed by atoms with Crippen LogP contribution >= 0.6 is 11.3 Å². The number of rotatable bonds is 3. The standard InChI is InChI=1S/C13H20N2O3S2/c1-8-7-11(14)19-12(8)13(16)15-9-3-5-10(6-4-9)20(2,17)18/h7,9-10H,3-6,14H2,1-2H3,(H,15,16). The van der Waals surface area contributed by atoms with Gasteiger partial charge in [0, 0.05) is 12.3 Å². The van der Waals surface area contributed by atoms with E-state index in [0.717, 1.165) is 5.56 Å². The summed E-state index contributed by atoms with van der Waals surface area (Å²) in [6.07, 6.45) is 3.95. The first kappa shape index (κ1) is 15.3. The van der Waals surface area contributed by atoms with Gasteiger partial charge in [-0.25, -0.2) is 8.42 Å². The number of thiophene rings is 1. The van der Waals surface area contributed by atoms with Crippen molar-refractivity contribution in [2.45, 2.75) is 43.9 Å². The molecule has 7 heteroatoms. The molecule has 0 bridgehead atoms. The van der Waals surface area contributed by atoms with E-state index in [0.29, 0.717) is 35.6 Å². The molecule has 1 saturated carbocycles. The van der Waals surface area contributed by atoms with Crippen molar-refractivity contribution in [3.8, 4) is 0 Å². The molecule has 0 atom stereocenters. The molecule has 0 spiro atoms. The molecule has 112 valence electrons. The van der Waals surface area contributed by atoms with E-state index >= 15 is 0 Å². The Kier molecular flexibility index (Phi) is 4.39. The van der Waals surface area contributed by atoms with Crippen LogP contribution in [0.3, 0.4) is 0 Å². The fourth-order valence-corrected chi connectivity index (χ4v) is 4.59. The molecule has 1 aliphatic carbocycles. The van der Waals surface area contributed by atoms with Gasteiger partial charge in [0.25, 0.3) is 5.91 Å². The monoisotopic (exact) mass is 316 g/mol. The van der Waals surface area contributed by atoms with Gasteiger partial charge in [-0.15, -0.1) is 11.3 Å².